The molecule has 3 nitrogen and oxygen atoms in total. The predicted molar refractivity (Wildman–Crippen MR) is 98.5 cm³/mol. The van der Waals surface area contributed by atoms with Crippen molar-refractivity contribution in [3.63, 3.8) is 0 Å². The van der Waals surface area contributed by atoms with Crippen molar-refractivity contribution < 1.29 is 9.53 Å². The number of benzene rings is 2. The number of carbonyl (C=O) groups excluding carboxylic acids is 1. The van der Waals surface area contributed by atoms with Gasteiger partial charge >= 0.3 is 0 Å². The van der Waals surface area contributed by atoms with E-state index in [1.54, 1.807) is 0 Å². The number of nitrogens with zero attached hydrogens (tertiary/aromatic N) is 1. The standard InChI is InChI=1S/C21H22ClNO2/c1-14-3-2-4-17(11-14)21-20(16-7-9-18(22)10-8-16)23(12-15-5-6-15)19(24)13-25-21/h2-4,7-11,15,20-21H,5-6,12-13H2,1H3/t20-,21+/m0/s1. The molecule has 1 amide bonds. The SMILES string of the molecule is Cc1cccc([C@H]2OCC(=O)N(CC3CC3)[C@H]2c2ccc(Cl)cc2)c1. The molecule has 2 atom stereocenters. The van der Waals surface area contributed by atoms with Crippen LogP contribution in [0.4, 0.5) is 0 Å². The maximum absolute atomic E-state index is 12.6. The first-order valence-corrected chi connectivity index (χ1v) is 9.23. The Labute approximate surface area is 153 Å². The zero-order valence-electron chi connectivity index (χ0n) is 14.3. The largest absolute Gasteiger partial charge is 0.361 e. The van der Waals surface area contributed by atoms with E-state index in [4.69, 9.17) is 16.3 Å². The number of halogens is 1. The lowest BCUT2D eigenvalue weighted by atomic mass is 9.92. The summed E-state index contributed by atoms with van der Waals surface area (Å²) in [5.74, 6) is 0.714. The van der Waals surface area contributed by atoms with Crippen molar-refractivity contribution in [2.45, 2.75) is 31.9 Å². The molecule has 2 fully saturated rings. The fourth-order valence-electron chi connectivity index (χ4n) is 3.59. The fourth-order valence-corrected chi connectivity index (χ4v) is 3.71. The Hall–Kier alpha value is -1.84. The van der Waals surface area contributed by atoms with Crippen LogP contribution < -0.4 is 0 Å². The first kappa shape index (κ1) is 16.6. The van der Waals surface area contributed by atoms with E-state index in [1.165, 1.54) is 18.4 Å². The average molecular weight is 356 g/mol. The molecular formula is C21H22ClNO2. The van der Waals surface area contributed by atoms with Gasteiger partial charge in [0.1, 0.15) is 12.7 Å². The summed E-state index contributed by atoms with van der Waals surface area (Å²) in [6, 6.07) is 16.1. The van der Waals surface area contributed by atoms with E-state index in [9.17, 15) is 4.79 Å². The second kappa shape index (κ2) is 6.81. The third-order valence-corrected chi connectivity index (χ3v) is 5.32. The Morgan fingerprint density at radius 2 is 1.88 bits per heavy atom. The van der Waals surface area contributed by atoms with Crippen molar-refractivity contribution in [1.82, 2.24) is 4.90 Å². The highest BCUT2D eigenvalue weighted by atomic mass is 35.5. The molecule has 1 aliphatic heterocycles. The van der Waals surface area contributed by atoms with Gasteiger partial charge in [0.2, 0.25) is 5.91 Å². The summed E-state index contributed by atoms with van der Waals surface area (Å²) in [6.45, 7) is 3.05. The summed E-state index contributed by atoms with van der Waals surface area (Å²) in [5.41, 5.74) is 3.39. The van der Waals surface area contributed by atoms with Crippen LogP contribution in [-0.4, -0.2) is 24.0 Å². The highest BCUT2D eigenvalue weighted by Crippen LogP contribution is 2.43. The average Bonchev–Trinajstić information content (AvgIpc) is 3.42. The number of aryl methyl sites for hydroxylation is 1. The van der Waals surface area contributed by atoms with E-state index in [-0.39, 0.29) is 24.7 Å². The molecule has 130 valence electrons. The monoisotopic (exact) mass is 355 g/mol. The Morgan fingerprint density at radius 1 is 1.12 bits per heavy atom. The Kier molecular flexibility index (Phi) is 4.53. The number of ether oxygens (including phenoxy) is 1. The maximum Gasteiger partial charge on any atom is 0.249 e. The van der Waals surface area contributed by atoms with Crippen molar-refractivity contribution in [3.8, 4) is 0 Å². The lowest BCUT2D eigenvalue weighted by molar-refractivity contribution is -0.159. The van der Waals surface area contributed by atoms with E-state index in [0.29, 0.717) is 10.9 Å². The summed E-state index contributed by atoms with van der Waals surface area (Å²) in [4.78, 5) is 14.7. The number of carbonyl (C=O) groups is 1. The van der Waals surface area contributed by atoms with E-state index < -0.39 is 0 Å². The third kappa shape index (κ3) is 3.58. The quantitative estimate of drug-likeness (QED) is 0.795. The predicted octanol–water partition coefficient (Wildman–Crippen LogP) is 4.70. The topological polar surface area (TPSA) is 29.5 Å². The molecule has 0 N–H and O–H groups in total. The lowest BCUT2D eigenvalue weighted by Crippen LogP contribution is -2.46. The van der Waals surface area contributed by atoms with Gasteiger partial charge in [-0.05, 0) is 48.9 Å². The Morgan fingerprint density at radius 3 is 2.56 bits per heavy atom. The van der Waals surface area contributed by atoms with Crippen LogP contribution in [0, 0.1) is 12.8 Å². The van der Waals surface area contributed by atoms with E-state index in [2.05, 4.69) is 31.2 Å². The van der Waals surface area contributed by atoms with Crippen LogP contribution in [0.3, 0.4) is 0 Å². The normalized spacial score (nSPS) is 23.8. The van der Waals surface area contributed by atoms with Gasteiger partial charge in [-0.2, -0.15) is 0 Å². The molecule has 0 spiro atoms. The molecule has 2 aliphatic rings. The minimum atomic E-state index is -0.155. The summed E-state index contributed by atoms with van der Waals surface area (Å²) in [7, 11) is 0. The summed E-state index contributed by atoms with van der Waals surface area (Å²) < 4.78 is 6.04. The van der Waals surface area contributed by atoms with Gasteiger partial charge in [0.25, 0.3) is 0 Å². The molecule has 1 saturated heterocycles. The van der Waals surface area contributed by atoms with Gasteiger partial charge < -0.3 is 9.64 Å². The van der Waals surface area contributed by atoms with Gasteiger partial charge in [-0.1, -0.05) is 53.6 Å². The molecule has 0 radical (unpaired) electrons. The van der Waals surface area contributed by atoms with Crippen molar-refractivity contribution in [1.29, 1.82) is 0 Å². The second-order valence-corrected chi connectivity index (χ2v) is 7.57. The molecule has 25 heavy (non-hydrogen) atoms. The second-order valence-electron chi connectivity index (χ2n) is 7.13. The van der Waals surface area contributed by atoms with Gasteiger partial charge in [-0.15, -0.1) is 0 Å². The molecule has 1 saturated carbocycles. The number of amides is 1. The Bertz CT molecular complexity index is 770. The molecule has 1 heterocycles. The van der Waals surface area contributed by atoms with E-state index >= 15 is 0 Å². The first-order valence-electron chi connectivity index (χ1n) is 8.85. The number of rotatable bonds is 4. The molecule has 0 bridgehead atoms. The first-order chi connectivity index (χ1) is 12.1. The van der Waals surface area contributed by atoms with Crippen LogP contribution >= 0.6 is 11.6 Å². The zero-order chi connectivity index (χ0) is 17.4. The van der Waals surface area contributed by atoms with Crippen LogP contribution in [0.2, 0.25) is 5.02 Å². The third-order valence-electron chi connectivity index (χ3n) is 5.06. The zero-order valence-corrected chi connectivity index (χ0v) is 15.1. The summed E-state index contributed by atoms with van der Waals surface area (Å²) >= 11 is 6.07. The van der Waals surface area contributed by atoms with Gasteiger partial charge in [0.05, 0.1) is 6.04 Å². The van der Waals surface area contributed by atoms with Crippen LogP contribution in [0.25, 0.3) is 0 Å². The fraction of sp³-hybridized carbons (Fsp3) is 0.381. The van der Waals surface area contributed by atoms with Crippen molar-refractivity contribution in [3.05, 3.63) is 70.2 Å². The minimum Gasteiger partial charge on any atom is -0.361 e. The van der Waals surface area contributed by atoms with Gasteiger partial charge in [-0.3, -0.25) is 4.79 Å². The molecule has 0 unspecified atom stereocenters. The summed E-state index contributed by atoms with van der Waals surface area (Å²) in [5, 5.41) is 0.702. The van der Waals surface area contributed by atoms with Gasteiger partial charge in [-0.25, -0.2) is 0 Å². The van der Waals surface area contributed by atoms with Gasteiger partial charge in [0, 0.05) is 11.6 Å². The highest BCUT2D eigenvalue weighted by molar-refractivity contribution is 6.30. The van der Waals surface area contributed by atoms with E-state index in [0.717, 1.165) is 17.7 Å². The molecule has 4 rings (SSSR count). The van der Waals surface area contributed by atoms with Gasteiger partial charge in [0.15, 0.2) is 0 Å². The van der Waals surface area contributed by atoms with E-state index in [1.807, 2.05) is 29.2 Å². The summed E-state index contributed by atoms with van der Waals surface area (Å²) in [6.07, 6.45) is 2.28. The van der Waals surface area contributed by atoms with Crippen LogP contribution in [-0.2, 0) is 9.53 Å². The number of morpholine rings is 1. The van der Waals surface area contributed by atoms with Crippen molar-refractivity contribution in [2.75, 3.05) is 13.2 Å². The number of hydrogen-bond donors (Lipinski definition) is 0. The molecule has 2 aromatic rings. The smallest absolute Gasteiger partial charge is 0.249 e. The van der Waals surface area contributed by atoms with Crippen molar-refractivity contribution >= 4 is 17.5 Å². The minimum absolute atomic E-state index is 0.0794. The maximum atomic E-state index is 12.6. The molecule has 1 aliphatic carbocycles. The lowest BCUT2D eigenvalue weighted by Gasteiger charge is -2.42. The Balaban J connectivity index is 1.74. The van der Waals surface area contributed by atoms with Crippen LogP contribution in [0.5, 0.6) is 0 Å². The molecule has 2 aromatic carbocycles. The van der Waals surface area contributed by atoms with Crippen LogP contribution in [0.1, 0.15) is 41.7 Å². The van der Waals surface area contributed by atoms with Crippen LogP contribution in [0.15, 0.2) is 48.5 Å². The number of hydrogen-bond acceptors (Lipinski definition) is 2. The molecule has 0 aromatic heterocycles. The van der Waals surface area contributed by atoms with Crippen molar-refractivity contribution in [2.24, 2.45) is 5.92 Å². The highest BCUT2D eigenvalue weighted by Gasteiger charge is 2.41. The molecule has 4 heteroatoms. The molecular weight excluding hydrogens is 334 g/mol.